The summed E-state index contributed by atoms with van der Waals surface area (Å²) in [5.41, 5.74) is -0.160. The van der Waals surface area contributed by atoms with Crippen molar-refractivity contribution in [2.75, 3.05) is 6.54 Å². The SMILES string of the molecule is CCC(C)(C)[C@@H]1[C@H](O)[C@@H](F)CN1C(C)(C)C. The molecule has 1 heterocycles. The van der Waals surface area contributed by atoms with Crippen molar-refractivity contribution in [3.63, 3.8) is 0 Å². The van der Waals surface area contributed by atoms with Gasteiger partial charge in [0.25, 0.3) is 0 Å². The predicted molar refractivity (Wildman–Crippen MR) is 65.2 cm³/mol. The Balaban J connectivity index is 3.02. The van der Waals surface area contributed by atoms with Crippen molar-refractivity contribution in [3.8, 4) is 0 Å². The van der Waals surface area contributed by atoms with Crippen LogP contribution >= 0.6 is 0 Å². The molecule has 1 saturated heterocycles. The van der Waals surface area contributed by atoms with Crippen LogP contribution in [0.25, 0.3) is 0 Å². The Morgan fingerprint density at radius 1 is 1.25 bits per heavy atom. The molecule has 3 heteroatoms. The van der Waals surface area contributed by atoms with E-state index >= 15 is 0 Å². The molecule has 0 amide bonds. The molecule has 1 aliphatic heterocycles. The number of halogens is 1. The average molecular weight is 231 g/mol. The molecule has 0 aromatic rings. The van der Waals surface area contributed by atoms with Crippen LogP contribution in [0.15, 0.2) is 0 Å². The summed E-state index contributed by atoms with van der Waals surface area (Å²) in [6.07, 6.45) is -1.03. The zero-order valence-electron chi connectivity index (χ0n) is 11.4. The maximum Gasteiger partial charge on any atom is 0.140 e. The molecule has 1 aliphatic rings. The van der Waals surface area contributed by atoms with Crippen LogP contribution in [-0.4, -0.2) is 40.4 Å². The second kappa shape index (κ2) is 4.26. The second-order valence-electron chi connectivity index (χ2n) is 6.62. The van der Waals surface area contributed by atoms with Gasteiger partial charge >= 0.3 is 0 Å². The summed E-state index contributed by atoms with van der Waals surface area (Å²) >= 11 is 0. The van der Waals surface area contributed by atoms with Gasteiger partial charge in [-0.2, -0.15) is 0 Å². The van der Waals surface area contributed by atoms with Crippen LogP contribution in [0.4, 0.5) is 4.39 Å². The fourth-order valence-electron chi connectivity index (χ4n) is 2.58. The number of hydrogen-bond acceptors (Lipinski definition) is 2. The lowest BCUT2D eigenvalue weighted by Gasteiger charge is -2.44. The van der Waals surface area contributed by atoms with E-state index in [1.807, 2.05) is 0 Å². The van der Waals surface area contributed by atoms with Gasteiger partial charge in [-0.05, 0) is 32.6 Å². The van der Waals surface area contributed by atoms with E-state index in [9.17, 15) is 9.50 Å². The van der Waals surface area contributed by atoms with Gasteiger partial charge in [0.2, 0.25) is 0 Å². The normalized spacial score (nSPS) is 33.4. The van der Waals surface area contributed by atoms with Crippen LogP contribution in [0.3, 0.4) is 0 Å². The standard InChI is InChI=1S/C13H26FNO/c1-7-13(5,6)11-10(16)9(14)8-15(11)12(2,3)4/h9-11,16H,7-8H2,1-6H3/t9-,10+,11-/m0/s1. The van der Waals surface area contributed by atoms with Gasteiger partial charge in [0, 0.05) is 18.1 Å². The summed E-state index contributed by atoms with van der Waals surface area (Å²) in [7, 11) is 0. The summed E-state index contributed by atoms with van der Waals surface area (Å²) in [4.78, 5) is 2.12. The third-order valence-corrected chi connectivity index (χ3v) is 3.97. The lowest BCUT2D eigenvalue weighted by Crippen LogP contribution is -2.53. The smallest absolute Gasteiger partial charge is 0.140 e. The maximum absolute atomic E-state index is 13.7. The first-order valence-electron chi connectivity index (χ1n) is 6.20. The molecule has 0 bridgehead atoms. The molecular formula is C13H26FNO. The van der Waals surface area contributed by atoms with E-state index in [-0.39, 0.29) is 17.0 Å². The van der Waals surface area contributed by atoms with E-state index in [0.29, 0.717) is 6.54 Å². The molecule has 0 radical (unpaired) electrons. The van der Waals surface area contributed by atoms with Crippen LogP contribution in [0.2, 0.25) is 0 Å². The molecule has 3 atom stereocenters. The highest BCUT2D eigenvalue weighted by atomic mass is 19.1. The van der Waals surface area contributed by atoms with Crippen LogP contribution < -0.4 is 0 Å². The zero-order chi connectivity index (χ0) is 12.7. The lowest BCUT2D eigenvalue weighted by atomic mass is 9.78. The molecule has 0 aliphatic carbocycles. The molecule has 0 aromatic heterocycles. The third kappa shape index (κ3) is 2.40. The number of aliphatic hydroxyl groups is 1. The van der Waals surface area contributed by atoms with Gasteiger partial charge < -0.3 is 5.11 Å². The topological polar surface area (TPSA) is 23.5 Å². The maximum atomic E-state index is 13.7. The second-order valence-corrected chi connectivity index (χ2v) is 6.62. The molecule has 0 unspecified atom stereocenters. The first-order valence-corrected chi connectivity index (χ1v) is 6.20. The number of likely N-dealkylation sites (tertiary alicyclic amines) is 1. The van der Waals surface area contributed by atoms with Gasteiger partial charge in [0.05, 0.1) is 0 Å². The van der Waals surface area contributed by atoms with Crippen molar-refractivity contribution >= 4 is 0 Å². The first kappa shape index (κ1) is 13.9. The van der Waals surface area contributed by atoms with Crippen LogP contribution in [0, 0.1) is 5.41 Å². The number of nitrogens with zero attached hydrogens (tertiary/aromatic N) is 1. The molecule has 0 aromatic carbocycles. The van der Waals surface area contributed by atoms with E-state index in [2.05, 4.69) is 46.4 Å². The average Bonchev–Trinajstić information content (AvgIpc) is 2.43. The summed E-state index contributed by atoms with van der Waals surface area (Å²) in [5, 5.41) is 10.0. The number of alkyl halides is 1. The molecule has 1 rings (SSSR count). The molecule has 2 nitrogen and oxygen atoms in total. The van der Waals surface area contributed by atoms with E-state index < -0.39 is 12.3 Å². The van der Waals surface area contributed by atoms with Gasteiger partial charge in [0.1, 0.15) is 12.3 Å². The quantitative estimate of drug-likeness (QED) is 0.789. The zero-order valence-corrected chi connectivity index (χ0v) is 11.4. The highest BCUT2D eigenvalue weighted by Gasteiger charge is 2.50. The Hall–Kier alpha value is -0.150. The Morgan fingerprint density at radius 2 is 1.75 bits per heavy atom. The third-order valence-electron chi connectivity index (χ3n) is 3.97. The van der Waals surface area contributed by atoms with E-state index in [1.165, 1.54) is 0 Å². The van der Waals surface area contributed by atoms with Crippen molar-refractivity contribution in [2.45, 2.75) is 71.8 Å². The van der Waals surface area contributed by atoms with Crippen LogP contribution in [0.5, 0.6) is 0 Å². The molecule has 96 valence electrons. The highest BCUT2D eigenvalue weighted by molar-refractivity contribution is 5.04. The van der Waals surface area contributed by atoms with Gasteiger partial charge in [-0.3, -0.25) is 4.90 Å². The Kier molecular flexibility index (Phi) is 3.71. The van der Waals surface area contributed by atoms with Crippen molar-refractivity contribution in [1.82, 2.24) is 4.90 Å². The van der Waals surface area contributed by atoms with Gasteiger partial charge in [-0.15, -0.1) is 0 Å². The summed E-state index contributed by atoms with van der Waals surface area (Å²) in [5.74, 6) is 0. The first-order chi connectivity index (χ1) is 7.11. The minimum absolute atomic E-state index is 0.0620. The van der Waals surface area contributed by atoms with Crippen molar-refractivity contribution in [3.05, 3.63) is 0 Å². The summed E-state index contributed by atoms with van der Waals surface area (Å²) in [6, 6.07) is -0.0903. The molecule has 0 saturated carbocycles. The van der Waals surface area contributed by atoms with E-state index in [4.69, 9.17) is 0 Å². The van der Waals surface area contributed by atoms with Crippen LogP contribution in [-0.2, 0) is 0 Å². The Morgan fingerprint density at radius 3 is 2.12 bits per heavy atom. The predicted octanol–water partition coefficient (Wildman–Crippen LogP) is 2.60. The monoisotopic (exact) mass is 231 g/mol. The van der Waals surface area contributed by atoms with Crippen molar-refractivity contribution < 1.29 is 9.50 Å². The molecule has 1 fully saturated rings. The van der Waals surface area contributed by atoms with Crippen LogP contribution in [0.1, 0.15) is 48.0 Å². The minimum Gasteiger partial charge on any atom is -0.388 e. The number of rotatable bonds is 2. The summed E-state index contributed by atoms with van der Waals surface area (Å²) in [6.45, 7) is 12.9. The minimum atomic E-state index is -1.12. The number of aliphatic hydroxyl groups excluding tert-OH is 1. The highest BCUT2D eigenvalue weighted by Crippen LogP contribution is 2.40. The van der Waals surface area contributed by atoms with Gasteiger partial charge in [0.15, 0.2) is 0 Å². The molecule has 0 spiro atoms. The van der Waals surface area contributed by atoms with Gasteiger partial charge in [-0.25, -0.2) is 4.39 Å². The number of hydrogen-bond donors (Lipinski definition) is 1. The van der Waals surface area contributed by atoms with E-state index in [1.54, 1.807) is 0 Å². The Bertz CT molecular complexity index is 247. The summed E-state index contributed by atoms with van der Waals surface area (Å²) < 4.78 is 13.7. The molecular weight excluding hydrogens is 205 g/mol. The largest absolute Gasteiger partial charge is 0.388 e. The molecule has 1 N–H and O–H groups in total. The van der Waals surface area contributed by atoms with E-state index in [0.717, 1.165) is 6.42 Å². The van der Waals surface area contributed by atoms with Crippen molar-refractivity contribution in [2.24, 2.45) is 5.41 Å². The fourth-order valence-corrected chi connectivity index (χ4v) is 2.58. The molecule has 16 heavy (non-hydrogen) atoms. The lowest BCUT2D eigenvalue weighted by molar-refractivity contribution is -0.0119. The van der Waals surface area contributed by atoms with Crippen molar-refractivity contribution in [1.29, 1.82) is 0 Å². The Labute approximate surface area is 98.8 Å². The fraction of sp³-hybridized carbons (Fsp3) is 1.00. The van der Waals surface area contributed by atoms with Gasteiger partial charge in [-0.1, -0.05) is 20.8 Å².